The van der Waals surface area contributed by atoms with Crippen molar-refractivity contribution < 1.29 is 13.2 Å². The van der Waals surface area contributed by atoms with Crippen molar-refractivity contribution in [3.05, 3.63) is 0 Å². The lowest BCUT2D eigenvalue weighted by Crippen LogP contribution is -2.44. The second kappa shape index (κ2) is 4.18. The zero-order chi connectivity index (χ0) is 9.03. The first-order chi connectivity index (χ1) is 5.58. The van der Waals surface area contributed by atoms with Crippen molar-refractivity contribution in [2.75, 3.05) is 32.6 Å². The van der Waals surface area contributed by atoms with Gasteiger partial charge in [0.15, 0.2) is 0 Å². The molecule has 0 saturated carbocycles. The van der Waals surface area contributed by atoms with E-state index in [1.807, 2.05) is 0 Å². The van der Waals surface area contributed by atoms with Gasteiger partial charge in [-0.25, -0.2) is 18.5 Å². The summed E-state index contributed by atoms with van der Waals surface area (Å²) in [5.74, 6) is 0. The minimum Gasteiger partial charge on any atom is -0.378 e. The Balaban J connectivity index is 2.22. The largest absolute Gasteiger partial charge is 0.378 e. The van der Waals surface area contributed by atoms with Gasteiger partial charge in [-0.3, -0.25) is 0 Å². The van der Waals surface area contributed by atoms with Gasteiger partial charge < -0.3 is 4.74 Å². The predicted octanol–water partition coefficient (Wildman–Crippen LogP) is -1.46. The van der Waals surface area contributed by atoms with Crippen molar-refractivity contribution in [2.45, 2.75) is 6.04 Å². The van der Waals surface area contributed by atoms with E-state index in [-0.39, 0.29) is 6.04 Å². The van der Waals surface area contributed by atoms with Crippen LogP contribution in [0.25, 0.3) is 0 Å². The van der Waals surface area contributed by atoms with Gasteiger partial charge >= 0.3 is 0 Å². The molecule has 0 aromatic carbocycles. The van der Waals surface area contributed by atoms with E-state index in [1.54, 1.807) is 0 Å². The summed E-state index contributed by atoms with van der Waals surface area (Å²) in [5, 5.41) is 4.18. The molecule has 6 heteroatoms. The minimum atomic E-state index is -3.09. The van der Waals surface area contributed by atoms with E-state index < -0.39 is 10.0 Å². The van der Waals surface area contributed by atoms with Crippen LogP contribution in [0.15, 0.2) is 0 Å². The number of sulfonamides is 1. The summed E-state index contributed by atoms with van der Waals surface area (Å²) in [6.07, 6.45) is 1.14. The van der Waals surface area contributed by atoms with Crippen molar-refractivity contribution >= 4 is 10.0 Å². The van der Waals surface area contributed by atoms with E-state index >= 15 is 0 Å². The van der Waals surface area contributed by atoms with E-state index in [9.17, 15) is 8.42 Å². The molecule has 1 fully saturated rings. The van der Waals surface area contributed by atoms with Gasteiger partial charge in [0.25, 0.3) is 0 Å². The monoisotopic (exact) mass is 193 g/mol. The Morgan fingerprint density at radius 3 is 2.92 bits per heavy atom. The van der Waals surface area contributed by atoms with Crippen molar-refractivity contribution in [3.63, 3.8) is 0 Å². The Morgan fingerprint density at radius 1 is 1.67 bits per heavy atom. The van der Waals surface area contributed by atoms with Crippen LogP contribution in [0.5, 0.6) is 0 Å². The topological polar surface area (TPSA) is 69.5 Å². The van der Waals surface area contributed by atoms with Crippen LogP contribution in [0.4, 0.5) is 0 Å². The second-order valence-electron chi connectivity index (χ2n) is 2.76. The van der Waals surface area contributed by atoms with Crippen LogP contribution in [0.2, 0.25) is 0 Å². The lowest BCUT2D eigenvalue weighted by molar-refractivity contribution is 0.0761. The number of ether oxygens (including phenoxy) is 1. The number of rotatable bonds is 3. The summed E-state index contributed by atoms with van der Waals surface area (Å²) in [6.45, 7) is 2.17. The Bertz CT molecular complexity index is 221. The van der Waals surface area contributed by atoms with Crippen molar-refractivity contribution in [2.24, 2.45) is 0 Å². The summed E-state index contributed by atoms with van der Waals surface area (Å²) >= 11 is 0. The predicted molar refractivity (Wildman–Crippen MR) is 44.5 cm³/mol. The van der Waals surface area contributed by atoms with Gasteiger partial charge in [0.2, 0.25) is 10.0 Å². The molecular weight excluding hydrogens is 180 g/mol. The van der Waals surface area contributed by atoms with E-state index in [0.29, 0.717) is 26.3 Å². The van der Waals surface area contributed by atoms with Crippen LogP contribution in [-0.2, 0) is 14.8 Å². The summed E-state index contributed by atoms with van der Waals surface area (Å²) in [5.41, 5.74) is 0. The molecule has 1 aliphatic rings. The molecule has 1 N–H and O–H groups in total. The third-order valence-corrected chi connectivity index (χ3v) is 2.21. The number of hydrogen-bond donors (Lipinski definition) is 1. The maximum Gasteiger partial charge on any atom is 0.208 e. The molecule has 5 nitrogen and oxygen atoms in total. The zero-order valence-corrected chi connectivity index (χ0v) is 7.80. The Labute approximate surface area is 72.5 Å². The van der Waals surface area contributed by atoms with E-state index in [2.05, 4.69) is 10.0 Å². The van der Waals surface area contributed by atoms with Crippen molar-refractivity contribution in [3.8, 4) is 0 Å². The molecule has 12 heavy (non-hydrogen) atoms. The average molecular weight is 193 g/mol. The smallest absolute Gasteiger partial charge is 0.208 e. The quantitative estimate of drug-likeness (QED) is 0.595. The minimum absolute atomic E-state index is 0.0199. The van der Waals surface area contributed by atoms with Crippen LogP contribution >= 0.6 is 0 Å². The highest BCUT2D eigenvalue weighted by Crippen LogP contribution is 1.93. The van der Waals surface area contributed by atoms with Gasteiger partial charge in [0.1, 0.15) is 0 Å². The molecule has 0 aromatic heterocycles. The first kappa shape index (κ1) is 9.91. The Morgan fingerprint density at radius 2 is 2.42 bits per heavy atom. The maximum atomic E-state index is 10.7. The molecule has 0 amide bonds. The van der Waals surface area contributed by atoms with E-state index in [0.717, 1.165) is 6.26 Å². The van der Waals surface area contributed by atoms with Crippen LogP contribution in [0.3, 0.4) is 0 Å². The van der Waals surface area contributed by atoms with Crippen LogP contribution in [0, 0.1) is 0 Å². The Hall–Kier alpha value is -0.170. The molecule has 71 valence electrons. The van der Waals surface area contributed by atoms with Crippen molar-refractivity contribution in [1.82, 2.24) is 10.0 Å². The van der Waals surface area contributed by atoms with Gasteiger partial charge in [0, 0.05) is 13.1 Å². The van der Waals surface area contributed by atoms with E-state index in [4.69, 9.17) is 4.74 Å². The summed E-state index contributed by atoms with van der Waals surface area (Å²) in [7, 11) is -3.09. The lowest BCUT2D eigenvalue weighted by atomic mass is 10.3. The van der Waals surface area contributed by atoms with Gasteiger partial charge in [-0.05, 0) is 0 Å². The molecule has 1 heterocycles. The first-order valence-corrected chi connectivity index (χ1v) is 5.66. The Kier molecular flexibility index (Phi) is 3.45. The third-order valence-electron chi connectivity index (χ3n) is 1.51. The summed E-state index contributed by atoms with van der Waals surface area (Å²) < 4.78 is 28.9. The number of morpholine rings is 1. The summed E-state index contributed by atoms with van der Waals surface area (Å²) in [4.78, 5) is 0. The van der Waals surface area contributed by atoms with Crippen LogP contribution in [0.1, 0.15) is 0 Å². The van der Waals surface area contributed by atoms with E-state index in [1.165, 1.54) is 0 Å². The second-order valence-corrected chi connectivity index (χ2v) is 4.59. The molecule has 1 rings (SSSR count). The third kappa shape index (κ3) is 4.01. The SMILES string of the molecule is CS(=O)(=O)NCC1COCC[N]1. The number of nitrogens with zero attached hydrogens (tertiary/aromatic N) is 1. The molecular formula is C6H13N2O3S. The fourth-order valence-corrected chi connectivity index (χ4v) is 1.44. The normalized spacial score (nSPS) is 25.6. The zero-order valence-electron chi connectivity index (χ0n) is 6.99. The standard InChI is InChI=1S/C6H13N2O3S/c1-12(9,10)8-4-6-5-11-3-2-7-6/h6,8H,2-5H2,1H3. The average Bonchev–Trinajstić information content (AvgIpc) is 2.02. The molecule has 1 saturated heterocycles. The fraction of sp³-hybridized carbons (Fsp3) is 1.00. The highest BCUT2D eigenvalue weighted by Gasteiger charge is 2.15. The molecule has 0 bridgehead atoms. The van der Waals surface area contributed by atoms with Crippen molar-refractivity contribution in [1.29, 1.82) is 0 Å². The van der Waals surface area contributed by atoms with Crippen LogP contribution in [-0.4, -0.2) is 47.0 Å². The fourth-order valence-electron chi connectivity index (χ4n) is 0.943. The van der Waals surface area contributed by atoms with Gasteiger partial charge in [-0.15, -0.1) is 0 Å². The lowest BCUT2D eigenvalue weighted by Gasteiger charge is -2.21. The molecule has 1 radical (unpaired) electrons. The summed E-state index contributed by atoms with van der Waals surface area (Å²) in [6, 6.07) is -0.0199. The number of hydrogen-bond acceptors (Lipinski definition) is 3. The first-order valence-electron chi connectivity index (χ1n) is 3.77. The molecule has 0 aromatic rings. The van der Waals surface area contributed by atoms with Gasteiger partial charge in [-0.2, -0.15) is 0 Å². The number of nitrogens with one attached hydrogen (secondary N) is 1. The molecule has 1 aliphatic heterocycles. The van der Waals surface area contributed by atoms with Gasteiger partial charge in [-0.1, -0.05) is 0 Å². The highest BCUT2D eigenvalue weighted by atomic mass is 32.2. The van der Waals surface area contributed by atoms with Crippen LogP contribution < -0.4 is 10.0 Å². The molecule has 1 unspecified atom stereocenters. The molecule has 0 spiro atoms. The van der Waals surface area contributed by atoms with Gasteiger partial charge in [0.05, 0.1) is 25.5 Å². The molecule has 0 aliphatic carbocycles. The highest BCUT2D eigenvalue weighted by molar-refractivity contribution is 7.88. The molecule has 1 atom stereocenters. The maximum absolute atomic E-state index is 10.7.